The lowest BCUT2D eigenvalue weighted by atomic mass is 10.1. The zero-order valence-corrected chi connectivity index (χ0v) is 11.7. The number of hydrogen-bond donors (Lipinski definition) is 1. The van der Waals surface area contributed by atoms with Gasteiger partial charge in [-0.15, -0.1) is 0 Å². The smallest absolute Gasteiger partial charge is 0.239 e. The van der Waals surface area contributed by atoms with Crippen molar-refractivity contribution in [1.29, 1.82) is 0 Å². The standard InChI is InChI=1S/C13H28N2O/c1-7-12(14-6)13(16)15(8-10(2)3)9-11(4)5/h10-12,14H,7-9H2,1-6H3/t12-/m0/s1. The fraction of sp³-hybridized carbons (Fsp3) is 0.923. The Morgan fingerprint density at radius 2 is 1.56 bits per heavy atom. The minimum atomic E-state index is -0.0301. The van der Waals surface area contributed by atoms with Gasteiger partial charge >= 0.3 is 0 Å². The molecular formula is C13H28N2O. The van der Waals surface area contributed by atoms with E-state index in [0.29, 0.717) is 11.8 Å². The summed E-state index contributed by atoms with van der Waals surface area (Å²) in [4.78, 5) is 14.2. The molecule has 1 atom stereocenters. The number of hydrogen-bond acceptors (Lipinski definition) is 2. The average Bonchev–Trinajstić information content (AvgIpc) is 2.17. The van der Waals surface area contributed by atoms with Crippen LogP contribution < -0.4 is 5.32 Å². The van der Waals surface area contributed by atoms with Gasteiger partial charge < -0.3 is 10.2 Å². The van der Waals surface area contributed by atoms with Gasteiger partial charge in [-0.1, -0.05) is 34.6 Å². The zero-order valence-electron chi connectivity index (χ0n) is 11.7. The van der Waals surface area contributed by atoms with E-state index in [1.807, 2.05) is 18.9 Å². The summed E-state index contributed by atoms with van der Waals surface area (Å²) < 4.78 is 0. The van der Waals surface area contributed by atoms with Crippen LogP contribution in [0.15, 0.2) is 0 Å². The van der Waals surface area contributed by atoms with E-state index < -0.39 is 0 Å². The van der Waals surface area contributed by atoms with Crippen LogP contribution in [-0.4, -0.2) is 37.0 Å². The Kier molecular flexibility index (Phi) is 7.39. The van der Waals surface area contributed by atoms with Crippen molar-refractivity contribution in [3.63, 3.8) is 0 Å². The Morgan fingerprint density at radius 1 is 1.12 bits per heavy atom. The van der Waals surface area contributed by atoms with Crippen molar-refractivity contribution >= 4 is 5.91 Å². The SMILES string of the molecule is CC[C@H](NC)C(=O)N(CC(C)C)CC(C)C. The Labute approximate surface area is 101 Å². The predicted molar refractivity (Wildman–Crippen MR) is 69.4 cm³/mol. The molecule has 3 nitrogen and oxygen atoms in total. The highest BCUT2D eigenvalue weighted by molar-refractivity contribution is 5.81. The topological polar surface area (TPSA) is 32.3 Å². The van der Waals surface area contributed by atoms with Crippen molar-refractivity contribution < 1.29 is 4.79 Å². The lowest BCUT2D eigenvalue weighted by Crippen LogP contribution is -2.47. The normalized spacial score (nSPS) is 13.2. The molecule has 0 saturated heterocycles. The highest BCUT2D eigenvalue weighted by Gasteiger charge is 2.22. The first-order valence-electron chi connectivity index (χ1n) is 6.38. The van der Waals surface area contributed by atoms with Gasteiger partial charge in [-0.25, -0.2) is 0 Å². The average molecular weight is 228 g/mol. The molecule has 0 aliphatic rings. The molecule has 0 aromatic rings. The molecule has 0 radical (unpaired) electrons. The molecule has 0 saturated carbocycles. The van der Waals surface area contributed by atoms with Crippen LogP contribution in [0.5, 0.6) is 0 Å². The van der Waals surface area contributed by atoms with Gasteiger partial charge in [-0.3, -0.25) is 4.79 Å². The van der Waals surface area contributed by atoms with Crippen LogP contribution in [0.25, 0.3) is 0 Å². The first-order chi connectivity index (χ1) is 7.42. The van der Waals surface area contributed by atoms with Crippen LogP contribution >= 0.6 is 0 Å². The zero-order chi connectivity index (χ0) is 12.7. The number of rotatable bonds is 7. The van der Waals surface area contributed by atoms with Crippen molar-refractivity contribution in [2.75, 3.05) is 20.1 Å². The van der Waals surface area contributed by atoms with Crippen LogP contribution in [0.2, 0.25) is 0 Å². The van der Waals surface area contributed by atoms with E-state index >= 15 is 0 Å². The second kappa shape index (κ2) is 7.66. The van der Waals surface area contributed by atoms with E-state index in [4.69, 9.17) is 0 Å². The molecular weight excluding hydrogens is 200 g/mol. The van der Waals surface area contributed by atoms with Crippen LogP contribution in [0, 0.1) is 11.8 Å². The van der Waals surface area contributed by atoms with Crippen LogP contribution in [-0.2, 0) is 4.79 Å². The third kappa shape index (κ3) is 5.50. The van der Waals surface area contributed by atoms with Crippen LogP contribution in [0.1, 0.15) is 41.0 Å². The second-order valence-electron chi connectivity index (χ2n) is 5.28. The summed E-state index contributed by atoms with van der Waals surface area (Å²) in [5.41, 5.74) is 0. The fourth-order valence-corrected chi connectivity index (χ4v) is 1.86. The van der Waals surface area contributed by atoms with E-state index in [-0.39, 0.29) is 11.9 Å². The quantitative estimate of drug-likeness (QED) is 0.724. The Hall–Kier alpha value is -0.570. The van der Waals surface area contributed by atoms with Gasteiger partial charge in [0.05, 0.1) is 6.04 Å². The molecule has 0 spiro atoms. The third-order valence-corrected chi connectivity index (χ3v) is 2.54. The minimum Gasteiger partial charge on any atom is -0.341 e. The molecule has 0 fully saturated rings. The molecule has 0 aliphatic heterocycles. The number of carbonyl (C=O) groups is 1. The molecule has 0 bridgehead atoms. The first-order valence-corrected chi connectivity index (χ1v) is 6.38. The van der Waals surface area contributed by atoms with E-state index in [9.17, 15) is 4.79 Å². The highest BCUT2D eigenvalue weighted by Crippen LogP contribution is 2.07. The van der Waals surface area contributed by atoms with Crippen molar-refractivity contribution in [2.45, 2.75) is 47.1 Å². The number of amides is 1. The summed E-state index contributed by atoms with van der Waals surface area (Å²) in [5.74, 6) is 1.29. The lowest BCUT2D eigenvalue weighted by Gasteiger charge is -2.29. The van der Waals surface area contributed by atoms with Crippen molar-refractivity contribution in [3.8, 4) is 0 Å². The van der Waals surface area contributed by atoms with Gasteiger partial charge in [-0.05, 0) is 25.3 Å². The lowest BCUT2D eigenvalue weighted by molar-refractivity contribution is -0.134. The molecule has 0 aromatic heterocycles. The fourth-order valence-electron chi connectivity index (χ4n) is 1.86. The molecule has 0 unspecified atom stereocenters. The third-order valence-electron chi connectivity index (χ3n) is 2.54. The van der Waals surface area contributed by atoms with Crippen LogP contribution in [0.3, 0.4) is 0 Å². The van der Waals surface area contributed by atoms with Gasteiger partial charge in [0.2, 0.25) is 5.91 Å². The van der Waals surface area contributed by atoms with Crippen molar-refractivity contribution in [2.24, 2.45) is 11.8 Å². The first kappa shape index (κ1) is 15.4. The largest absolute Gasteiger partial charge is 0.341 e. The van der Waals surface area contributed by atoms with Crippen molar-refractivity contribution in [3.05, 3.63) is 0 Å². The molecule has 16 heavy (non-hydrogen) atoms. The maximum atomic E-state index is 12.2. The van der Waals surface area contributed by atoms with E-state index in [1.54, 1.807) is 0 Å². The summed E-state index contributed by atoms with van der Waals surface area (Å²) in [6.45, 7) is 12.4. The molecule has 1 amide bonds. The van der Waals surface area contributed by atoms with E-state index in [1.165, 1.54) is 0 Å². The molecule has 0 heterocycles. The van der Waals surface area contributed by atoms with E-state index in [2.05, 4.69) is 33.0 Å². The summed E-state index contributed by atoms with van der Waals surface area (Å²) in [5, 5.41) is 3.09. The van der Waals surface area contributed by atoms with Gasteiger partial charge in [0, 0.05) is 13.1 Å². The van der Waals surface area contributed by atoms with E-state index in [0.717, 1.165) is 19.5 Å². The molecule has 96 valence electrons. The molecule has 0 aliphatic carbocycles. The summed E-state index contributed by atoms with van der Waals surface area (Å²) in [7, 11) is 1.86. The summed E-state index contributed by atoms with van der Waals surface area (Å²) in [6, 6.07) is -0.0301. The molecule has 0 aromatic carbocycles. The van der Waals surface area contributed by atoms with Crippen molar-refractivity contribution in [1.82, 2.24) is 10.2 Å². The monoisotopic (exact) mass is 228 g/mol. The van der Waals surface area contributed by atoms with Crippen LogP contribution in [0.4, 0.5) is 0 Å². The van der Waals surface area contributed by atoms with Gasteiger partial charge in [-0.2, -0.15) is 0 Å². The maximum absolute atomic E-state index is 12.2. The number of likely N-dealkylation sites (N-methyl/N-ethyl adjacent to an activating group) is 1. The summed E-state index contributed by atoms with van der Waals surface area (Å²) in [6.07, 6.45) is 0.849. The Morgan fingerprint density at radius 3 is 1.81 bits per heavy atom. The number of carbonyl (C=O) groups excluding carboxylic acids is 1. The predicted octanol–water partition coefficient (Wildman–Crippen LogP) is 2.12. The Bertz CT molecular complexity index is 188. The molecule has 1 N–H and O–H groups in total. The maximum Gasteiger partial charge on any atom is 0.239 e. The second-order valence-corrected chi connectivity index (χ2v) is 5.28. The minimum absolute atomic E-state index is 0.0301. The molecule has 3 heteroatoms. The molecule has 0 rings (SSSR count). The number of nitrogens with one attached hydrogen (secondary N) is 1. The summed E-state index contributed by atoms with van der Waals surface area (Å²) >= 11 is 0. The van der Waals surface area contributed by atoms with Gasteiger partial charge in [0.15, 0.2) is 0 Å². The van der Waals surface area contributed by atoms with Gasteiger partial charge in [0.1, 0.15) is 0 Å². The Balaban J connectivity index is 4.53. The highest BCUT2D eigenvalue weighted by atomic mass is 16.2. The number of nitrogens with zero attached hydrogens (tertiary/aromatic N) is 1. The van der Waals surface area contributed by atoms with Gasteiger partial charge in [0.25, 0.3) is 0 Å².